The second-order valence-corrected chi connectivity index (χ2v) is 23.3. The number of hydrogen-bond donors (Lipinski definition) is 0. The molecule has 15 aromatic carbocycles. The number of hydrogen-bond acceptors (Lipinski definition) is 2. The zero-order valence-electron chi connectivity index (χ0n) is 47.0. The van der Waals surface area contributed by atoms with Crippen molar-refractivity contribution in [1.82, 2.24) is 0 Å². The normalized spacial score (nSPS) is 13.9. The highest BCUT2D eigenvalue weighted by atomic mass is 16.7. The molecule has 0 spiro atoms. The van der Waals surface area contributed by atoms with E-state index < -0.39 is 0 Å². The van der Waals surface area contributed by atoms with Gasteiger partial charge in [0.2, 0.25) is 0 Å². The molecule has 0 aromatic heterocycles. The largest absolute Gasteiger partial charge is 0.494 e. The smallest absolute Gasteiger partial charge is 0.399 e. The van der Waals surface area contributed by atoms with E-state index in [9.17, 15) is 0 Å². The maximum Gasteiger partial charge on any atom is 0.494 e. The summed E-state index contributed by atoms with van der Waals surface area (Å²) in [5.74, 6) is 0. The Labute approximate surface area is 485 Å². The molecule has 0 aliphatic carbocycles. The minimum Gasteiger partial charge on any atom is -0.399 e. The van der Waals surface area contributed by atoms with Gasteiger partial charge in [-0.3, -0.25) is 0 Å². The van der Waals surface area contributed by atoms with E-state index in [-0.39, 0.29) is 18.3 Å². The second kappa shape index (κ2) is 20.1. The van der Waals surface area contributed by atoms with Gasteiger partial charge in [0.25, 0.3) is 0 Å². The first-order chi connectivity index (χ1) is 40.7. The molecular formula is C80H59BO2. The molecule has 2 nitrogen and oxygen atoms in total. The molecule has 0 atom stereocenters. The van der Waals surface area contributed by atoms with Gasteiger partial charge in [-0.15, -0.1) is 0 Å². The van der Waals surface area contributed by atoms with Gasteiger partial charge in [-0.25, -0.2) is 0 Å². The van der Waals surface area contributed by atoms with Gasteiger partial charge in [-0.2, -0.15) is 0 Å². The first-order valence-electron chi connectivity index (χ1n) is 29.0. The van der Waals surface area contributed by atoms with Gasteiger partial charge in [-0.1, -0.05) is 273 Å². The number of benzene rings is 15. The first kappa shape index (κ1) is 50.3. The summed E-state index contributed by atoms with van der Waals surface area (Å²) in [6, 6.07) is 104. The quantitative estimate of drug-likeness (QED) is 0.0939. The summed E-state index contributed by atoms with van der Waals surface area (Å²) in [4.78, 5) is 0. The zero-order chi connectivity index (χ0) is 55.8. The maximum atomic E-state index is 6.28. The van der Waals surface area contributed by atoms with E-state index in [2.05, 4.69) is 313 Å². The van der Waals surface area contributed by atoms with Crippen molar-refractivity contribution < 1.29 is 9.31 Å². The van der Waals surface area contributed by atoms with Crippen LogP contribution in [0.15, 0.2) is 285 Å². The third-order valence-electron chi connectivity index (χ3n) is 18.0. The summed E-state index contributed by atoms with van der Waals surface area (Å²) in [6.07, 6.45) is 0. The molecular weight excluding hydrogens is 1000 g/mol. The highest BCUT2D eigenvalue weighted by molar-refractivity contribution is 6.62. The molecule has 1 saturated heterocycles. The van der Waals surface area contributed by atoms with Crippen LogP contribution in [0.3, 0.4) is 0 Å². The van der Waals surface area contributed by atoms with Crippen molar-refractivity contribution in [3.8, 4) is 55.6 Å². The molecule has 1 fully saturated rings. The minimum absolute atomic E-state index is 0.335. The van der Waals surface area contributed by atoms with Gasteiger partial charge in [0.15, 0.2) is 0 Å². The first-order valence-corrected chi connectivity index (χ1v) is 29.0. The molecule has 0 radical (unpaired) electrons. The summed E-state index contributed by atoms with van der Waals surface area (Å²) in [5, 5.41) is 20.4. The van der Waals surface area contributed by atoms with Crippen molar-refractivity contribution in [3.63, 3.8) is 0 Å². The standard InChI is InChI=1S/C56H36.C24H23BO2/c1-3-13-37(14-4-1)39-23-27-41(28-24-39)55-50-21-11-12-22-51(50)56(42-29-25-40(26-30-42)38-15-5-2-6-16-38)54-36-44(32-34-52(54)55)43-31-33-49-47-19-8-7-17-45(47)46-18-9-10-20-48(46)53(49)35-43;1-23(2)24(3,4)27-25(26-23)16-13-14-21-19-11-6-5-9-17(19)18-10-7-8-12-20(18)22(21)15-16/h1-36H;5-15H,1-4H3. The molecule has 3 heteroatoms. The van der Waals surface area contributed by atoms with Crippen molar-refractivity contribution in [2.24, 2.45) is 0 Å². The van der Waals surface area contributed by atoms with Gasteiger partial charge < -0.3 is 9.31 Å². The summed E-state index contributed by atoms with van der Waals surface area (Å²) in [5.41, 5.74) is 12.7. The molecule has 394 valence electrons. The Bertz CT molecular complexity index is 4920. The molecule has 0 bridgehead atoms. The Morgan fingerprint density at radius 2 is 0.458 bits per heavy atom. The molecule has 15 aromatic rings. The van der Waals surface area contributed by atoms with Crippen molar-refractivity contribution >= 4 is 98.8 Å². The Kier molecular flexibility index (Phi) is 12.2. The number of fused-ring (bicyclic) bond motifs is 14. The summed E-state index contributed by atoms with van der Waals surface area (Å²) < 4.78 is 12.6. The monoisotopic (exact) mass is 1060 g/mol. The highest BCUT2D eigenvalue weighted by Gasteiger charge is 2.51. The SMILES string of the molecule is CC1(C)OB(c2ccc3c4ccccc4c4ccccc4c3c2)OC1(C)C.c1ccc(-c2ccc(-c3c4ccccc4c(-c4ccc(-c5ccccc5)cc4)c4cc(-c5ccc6c7ccccc7c7ccccc7c6c5)ccc34)cc2)cc1. The topological polar surface area (TPSA) is 18.5 Å². The lowest BCUT2D eigenvalue weighted by atomic mass is 9.77. The fourth-order valence-corrected chi connectivity index (χ4v) is 13.0. The van der Waals surface area contributed by atoms with Gasteiger partial charge in [0.05, 0.1) is 11.2 Å². The van der Waals surface area contributed by atoms with Crippen LogP contribution >= 0.6 is 0 Å². The Morgan fingerprint density at radius 1 is 0.205 bits per heavy atom. The molecule has 1 heterocycles. The van der Waals surface area contributed by atoms with Crippen LogP contribution in [0, 0.1) is 0 Å². The Hall–Kier alpha value is -9.64. The Morgan fingerprint density at radius 3 is 0.867 bits per heavy atom. The van der Waals surface area contributed by atoms with E-state index in [0.29, 0.717) is 0 Å². The molecule has 0 saturated carbocycles. The predicted molar refractivity (Wildman–Crippen MR) is 356 cm³/mol. The molecule has 16 rings (SSSR count). The van der Waals surface area contributed by atoms with Gasteiger partial charge >= 0.3 is 7.12 Å². The van der Waals surface area contributed by atoms with Crippen LogP contribution in [-0.4, -0.2) is 18.3 Å². The van der Waals surface area contributed by atoms with E-state index in [1.54, 1.807) is 0 Å². The second-order valence-electron chi connectivity index (χ2n) is 23.3. The van der Waals surface area contributed by atoms with E-state index in [4.69, 9.17) is 9.31 Å². The van der Waals surface area contributed by atoms with Crippen molar-refractivity contribution in [2.75, 3.05) is 0 Å². The minimum atomic E-state index is -0.343. The van der Waals surface area contributed by atoms with Gasteiger partial charge in [0, 0.05) is 0 Å². The fraction of sp³-hybridized carbons (Fsp3) is 0.0750. The van der Waals surface area contributed by atoms with Gasteiger partial charge in [0.1, 0.15) is 0 Å². The summed E-state index contributed by atoms with van der Waals surface area (Å²) >= 11 is 0. The lowest BCUT2D eigenvalue weighted by Crippen LogP contribution is -2.41. The van der Waals surface area contributed by atoms with Crippen LogP contribution in [0.1, 0.15) is 27.7 Å². The lowest BCUT2D eigenvalue weighted by Gasteiger charge is -2.32. The van der Waals surface area contributed by atoms with Crippen LogP contribution < -0.4 is 5.46 Å². The van der Waals surface area contributed by atoms with Crippen molar-refractivity contribution in [1.29, 1.82) is 0 Å². The van der Waals surface area contributed by atoms with Gasteiger partial charge in [-0.05, 0) is 187 Å². The molecule has 1 aliphatic rings. The molecule has 1 aliphatic heterocycles. The summed E-state index contributed by atoms with van der Waals surface area (Å²) in [6.45, 7) is 8.38. The van der Waals surface area contributed by atoms with E-state index in [0.717, 1.165) is 5.46 Å². The number of rotatable bonds is 6. The molecule has 0 amide bonds. The predicted octanol–water partition coefficient (Wildman–Crippen LogP) is 21.2. The highest BCUT2D eigenvalue weighted by Crippen LogP contribution is 2.47. The summed E-state index contributed by atoms with van der Waals surface area (Å²) in [7, 11) is -0.343. The van der Waals surface area contributed by atoms with Crippen LogP contribution in [0.4, 0.5) is 0 Å². The van der Waals surface area contributed by atoms with Crippen LogP contribution in [0.5, 0.6) is 0 Å². The third kappa shape index (κ3) is 8.66. The fourth-order valence-electron chi connectivity index (χ4n) is 13.0. The Balaban J connectivity index is 0.000000182. The van der Waals surface area contributed by atoms with Crippen LogP contribution in [0.25, 0.3) is 142 Å². The molecule has 0 N–H and O–H groups in total. The average Bonchev–Trinajstić information content (AvgIpc) is 3.90. The maximum absolute atomic E-state index is 6.28. The van der Waals surface area contributed by atoms with E-state index in [1.807, 2.05) is 0 Å². The average molecular weight is 1060 g/mol. The van der Waals surface area contributed by atoms with E-state index >= 15 is 0 Å². The van der Waals surface area contributed by atoms with Crippen LogP contribution in [0.2, 0.25) is 0 Å². The lowest BCUT2D eigenvalue weighted by molar-refractivity contribution is 0.00578. The third-order valence-corrected chi connectivity index (χ3v) is 18.0. The van der Waals surface area contributed by atoms with Crippen molar-refractivity contribution in [3.05, 3.63) is 285 Å². The zero-order valence-corrected chi connectivity index (χ0v) is 47.0. The van der Waals surface area contributed by atoms with Crippen molar-refractivity contribution in [2.45, 2.75) is 38.9 Å². The molecule has 83 heavy (non-hydrogen) atoms. The van der Waals surface area contributed by atoms with E-state index in [1.165, 1.54) is 142 Å². The molecule has 0 unspecified atom stereocenters. The van der Waals surface area contributed by atoms with Crippen LogP contribution in [-0.2, 0) is 9.31 Å².